The molecule has 0 spiro atoms. The van der Waals surface area contributed by atoms with Crippen LogP contribution in [0.2, 0.25) is 0 Å². The minimum Gasteiger partial charge on any atom is -0.357 e. The number of guanidine groups is 1. The quantitative estimate of drug-likeness (QED) is 0.343. The average molecular weight is 359 g/mol. The van der Waals surface area contributed by atoms with Crippen LogP contribution in [0.5, 0.6) is 0 Å². The average Bonchev–Trinajstić information content (AvgIpc) is 2.10. The van der Waals surface area contributed by atoms with E-state index in [0.29, 0.717) is 0 Å². The Hall–Kier alpha value is 0.350. The third kappa shape index (κ3) is 12.4. The van der Waals surface area contributed by atoms with Crippen molar-refractivity contribution in [2.24, 2.45) is 4.99 Å². The highest BCUT2D eigenvalue weighted by Crippen LogP contribution is 1.99. The molecule has 0 aliphatic heterocycles. The minimum absolute atomic E-state index is 0. The molecule has 0 heterocycles. The van der Waals surface area contributed by atoms with Gasteiger partial charge >= 0.3 is 0 Å². The third-order valence-corrected chi connectivity index (χ3v) is 2.31. The molecular weight excluding hydrogens is 333 g/mol. The predicted octanol–water partition coefficient (Wildman–Crippen LogP) is 2.71. The van der Waals surface area contributed by atoms with Crippen LogP contribution in [0.3, 0.4) is 0 Å². The maximum Gasteiger partial charge on any atom is 0.191 e. The number of hydrogen-bond acceptors (Lipinski definition) is 2. The van der Waals surface area contributed by atoms with Crippen LogP contribution in [0.1, 0.15) is 34.1 Å². The van der Waals surface area contributed by atoms with Crippen molar-refractivity contribution in [3.8, 4) is 0 Å². The lowest BCUT2D eigenvalue weighted by Gasteiger charge is -2.23. The Morgan fingerprint density at radius 2 is 1.94 bits per heavy atom. The van der Waals surface area contributed by atoms with Crippen LogP contribution in [-0.4, -0.2) is 36.6 Å². The smallest absolute Gasteiger partial charge is 0.191 e. The fourth-order valence-corrected chi connectivity index (χ4v) is 1.48. The highest BCUT2D eigenvalue weighted by molar-refractivity contribution is 14.0. The van der Waals surface area contributed by atoms with Crippen molar-refractivity contribution in [2.75, 3.05) is 25.1 Å². The van der Waals surface area contributed by atoms with Gasteiger partial charge in [0.15, 0.2) is 5.96 Å². The van der Waals surface area contributed by atoms with Crippen LogP contribution in [-0.2, 0) is 0 Å². The molecule has 0 atom stereocenters. The van der Waals surface area contributed by atoms with Gasteiger partial charge in [0.1, 0.15) is 0 Å². The van der Waals surface area contributed by atoms with Crippen LogP contribution >= 0.6 is 35.7 Å². The van der Waals surface area contributed by atoms with E-state index in [9.17, 15) is 0 Å². The summed E-state index contributed by atoms with van der Waals surface area (Å²) in [6, 6.07) is 0. The summed E-state index contributed by atoms with van der Waals surface area (Å²) in [5, 5.41) is 6.61. The van der Waals surface area contributed by atoms with Crippen molar-refractivity contribution in [3.05, 3.63) is 0 Å². The van der Waals surface area contributed by atoms with Crippen molar-refractivity contribution in [3.63, 3.8) is 0 Å². The van der Waals surface area contributed by atoms with E-state index in [1.54, 1.807) is 0 Å². The Labute approximate surface area is 122 Å². The lowest BCUT2D eigenvalue weighted by atomic mass is 10.1. The predicted molar refractivity (Wildman–Crippen MR) is 87.3 cm³/mol. The van der Waals surface area contributed by atoms with Gasteiger partial charge in [-0.2, -0.15) is 11.8 Å². The second-order valence-corrected chi connectivity index (χ2v) is 5.47. The van der Waals surface area contributed by atoms with Crippen LogP contribution in [0.25, 0.3) is 0 Å². The van der Waals surface area contributed by atoms with Crippen LogP contribution in [0.4, 0.5) is 0 Å². The molecular formula is C11H26IN3S. The van der Waals surface area contributed by atoms with Crippen molar-refractivity contribution >= 4 is 41.7 Å². The zero-order chi connectivity index (χ0) is 11.7. The molecule has 98 valence electrons. The van der Waals surface area contributed by atoms with E-state index >= 15 is 0 Å². The first-order chi connectivity index (χ1) is 6.99. The number of halogens is 1. The lowest BCUT2D eigenvalue weighted by Crippen LogP contribution is -2.47. The molecule has 0 radical (unpaired) electrons. The second kappa shape index (κ2) is 10.5. The van der Waals surface area contributed by atoms with Gasteiger partial charge in [0.2, 0.25) is 0 Å². The van der Waals surface area contributed by atoms with E-state index in [2.05, 4.69) is 49.6 Å². The van der Waals surface area contributed by atoms with Gasteiger partial charge in [0.05, 0.1) is 0 Å². The van der Waals surface area contributed by atoms with E-state index in [4.69, 9.17) is 0 Å². The Kier molecular flexibility index (Phi) is 12.3. The molecule has 16 heavy (non-hydrogen) atoms. The molecule has 0 fully saturated rings. The lowest BCUT2D eigenvalue weighted by molar-refractivity contribution is 0.501. The number of hydrogen-bond donors (Lipinski definition) is 2. The molecule has 0 aliphatic carbocycles. The summed E-state index contributed by atoms with van der Waals surface area (Å²) in [5.74, 6) is 2.10. The second-order valence-electron chi connectivity index (χ2n) is 4.48. The fourth-order valence-electron chi connectivity index (χ4n) is 1.06. The highest BCUT2D eigenvalue weighted by Gasteiger charge is 2.10. The molecule has 0 aromatic heterocycles. The van der Waals surface area contributed by atoms with Crippen molar-refractivity contribution in [1.29, 1.82) is 0 Å². The zero-order valence-corrected chi connectivity index (χ0v) is 14.2. The third-order valence-electron chi connectivity index (χ3n) is 1.61. The van der Waals surface area contributed by atoms with Gasteiger partial charge in [-0.15, -0.1) is 24.0 Å². The standard InChI is InChI=1S/C11H25N3S.HI/c1-6-12-10(14-11(2,3)4)13-8-7-9-15-5;/h6-9H2,1-5H3,(H2,12,13,14);1H. The van der Waals surface area contributed by atoms with Gasteiger partial charge in [-0.3, -0.25) is 4.99 Å². The molecule has 0 bridgehead atoms. The molecule has 0 saturated carbocycles. The zero-order valence-electron chi connectivity index (χ0n) is 11.1. The summed E-state index contributed by atoms with van der Waals surface area (Å²) in [6.07, 6.45) is 3.27. The molecule has 2 N–H and O–H groups in total. The fraction of sp³-hybridized carbons (Fsp3) is 0.909. The normalized spacial score (nSPS) is 11.9. The van der Waals surface area contributed by atoms with Crippen LogP contribution < -0.4 is 10.6 Å². The van der Waals surface area contributed by atoms with Gasteiger partial charge in [0.25, 0.3) is 0 Å². The van der Waals surface area contributed by atoms with Crippen molar-refractivity contribution in [1.82, 2.24) is 10.6 Å². The van der Waals surface area contributed by atoms with E-state index in [0.717, 1.165) is 25.5 Å². The molecule has 0 rings (SSSR count). The first-order valence-electron chi connectivity index (χ1n) is 5.55. The van der Waals surface area contributed by atoms with Crippen molar-refractivity contribution < 1.29 is 0 Å². The number of rotatable bonds is 5. The van der Waals surface area contributed by atoms with E-state index in [1.807, 2.05) is 11.8 Å². The summed E-state index contributed by atoms with van der Waals surface area (Å²) in [6.45, 7) is 10.3. The maximum atomic E-state index is 4.52. The molecule has 0 aromatic carbocycles. The van der Waals surface area contributed by atoms with Gasteiger partial charge in [-0.1, -0.05) is 0 Å². The van der Waals surface area contributed by atoms with E-state index in [-0.39, 0.29) is 29.5 Å². The summed E-state index contributed by atoms with van der Waals surface area (Å²) in [4.78, 5) is 4.52. The summed E-state index contributed by atoms with van der Waals surface area (Å²) in [5.41, 5.74) is 0.0700. The van der Waals surface area contributed by atoms with Gasteiger partial charge < -0.3 is 10.6 Å². The molecule has 0 aromatic rings. The Morgan fingerprint density at radius 1 is 1.31 bits per heavy atom. The first-order valence-corrected chi connectivity index (χ1v) is 6.94. The number of nitrogens with one attached hydrogen (secondary N) is 2. The number of aliphatic imine (C=N–C) groups is 1. The number of nitrogens with zero attached hydrogens (tertiary/aromatic N) is 1. The summed E-state index contributed by atoms with van der Waals surface area (Å²) >= 11 is 1.87. The van der Waals surface area contributed by atoms with Crippen LogP contribution in [0, 0.1) is 0 Å². The molecule has 0 saturated heterocycles. The molecule has 0 amide bonds. The SMILES string of the molecule is CCNC(=NCCCSC)NC(C)(C)C.I. The number of thioether (sulfide) groups is 1. The topological polar surface area (TPSA) is 36.4 Å². The molecule has 5 heteroatoms. The van der Waals surface area contributed by atoms with Gasteiger partial charge in [-0.25, -0.2) is 0 Å². The summed E-state index contributed by atoms with van der Waals surface area (Å²) in [7, 11) is 0. The van der Waals surface area contributed by atoms with E-state index < -0.39 is 0 Å². The van der Waals surface area contributed by atoms with Gasteiger partial charge in [0, 0.05) is 18.6 Å². The van der Waals surface area contributed by atoms with Gasteiger partial charge in [-0.05, 0) is 46.1 Å². The molecule has 3 nitrogen and oxygen atoms in total. The first kappa shape index (κ1) is 18.7. The van der Waals surface area contributed by atoms with Crippen molar-refractivity contribution in [2.45, 2.75) is 39.7 Å². The van der Waals surface area contributed by atoms with Crippen LogP contribution in [0.15, 0.2) is 4.99 Å². The van der Waals surface area contributed by atoms with E-state index in [1.165, 1.54) is 5.75 Å². The molecule has 0 unspecified atom stereocenters. The largest absolute Gasteiger partial charge is 0.357 e. The highest BCUT2D eigenvalue weighted by atomic mass is 127. The Balaban J connectivity index is 0. The maximum absolute atomic E-state index is 4.52. The minimum atomic E-state index is 0. The molecule has 0 aliphatic rings. The Morgan fingerprint density at radius 3 is 2.38 bits per heavy atom. The summed E-state index contributed by atoms with van der Waals surface area (Å²) < 4.78 is 0. The Bertz CT molecular complexity index is 190. The monoisotopic (exact) mass is 359 g/mol.